The van der Waals surface area contributed by atoms with Gasteiger partial charge in [-0.2, -0.15) is 0 Å². The van der Waals surface area contributed by atoms with E-state index in [2.05, 4.69) is 5.32 Å². The Hall–Kier alpha value is -3.68. The van der Waals surface area contributed by atoms with Gasteiger partial charge >= 0.3 is 6.03 Å². The molecule has 2 amide bonds. The zero-order valence-corrected chi connectivity index (χ0v) is 17.2. The largest absolute Gasteiger partial charge is 0.454 e. The number of ether oxygens (including phenoxy) is 2. The van der Waals surface area contributed by atoms with E-state index in [1.165, 1.54) is 0 Å². The molecule has 0 bridgehead atoms. The van der Waals surface area contributed by atoms with Crippen LogP contribution in [0.25, 0.3) is 5.69 Å². The van der Waals surface area contributed by atoms with Crippen LogP contribution in [0.15, 0.2) is 53.3 Å². The van der Waals surface area contributed by atoms with E-state index in [9.17, 15) is 9.59 Å². The van der Waals surface area contributed by atoms with Crippen LogP contribution in [0, 0.1) is 6.92 Å². The fraction of sp³-hybridized carbons (Fsp3) is 0.273. The van der Waals surface area contributed by atoms with Gasteiger partial charge in [-0.15, -0.1) is 0 Å². The summed E-state index contributed by atoms with van der Waals surface area (Å²) in [6, 6.07) is 14.6. The van der Waals surface area contributed by atoms with Gasteiger partial charge in [-0.25, -0.2) is 9.48 Å². The predicted octanol–water partition coefficient (Wildman–Crippen LogP) is 3.27. The van der Waals surface area contributed by atoms with Crippen LogP contribution in [-0.4, -0.2) is 33.6 Å². The molecule has 0 atom stereocenters. The lowest BCUT2D eigenvalue weighted by Crippen LogP contribution is -2.35. The first-order valence-electron chi connectivity index (χ1n) is 9.78. The summed E-state index contributed by atoms with van der Waals surface area (Å²) in [6.07, 6.45) is 0. The number of nitrogens with one attached hydrogen (secondary N) is 1. The number of hydrogen-bond donors (Lipinski definition) is 1. The molecule has 1 aromatic heterocycles. The molecular weight excluding hydrogens is 384 g/mol. The number of urea groups is 1. The van der Waals surface area contributed by atoms with E-state index in [1.807, 2.05) is 62.4 Å². The van der Waals surface area contributed by atoms with Crippen molar-refractivity contribution in [2.45, 2.75) is 20.4 Å². The number of rotatable bonds is 5. The van der Waals surface area contributed by atoms with Crippen molar-refractivity contribution in [1.82, 2.24) is 14.3 Å². The smallest absolute Gasteiger partial charge is 0.322 e. The van der Waals surface area contributed by atoms with Gasteiger partial charge in [0.15, 0.2) is 11.5 Å². The molecule has 30 heavy (non-hydrogen) atoms. The molecule has 8 heteroatoms. The maximum atomic E-state index is 13.0. The number of fused-ring (bicyclic) bond motifs is 1. The summed E-state index contributed by atoms with van der Waals surface area (Å²) in [6.45, 7) is 4.78. The van der Waals surface area contributed by atoms with Gasteiger partial charge in [-0.3, -0.25) is 9.48 Å². The van der Waals surface area contributed by atoms with Crippen LogP contribution >= 0.6 is 0 Å². The van der Waals surface area contributed by atoms with Crippen LogP contribution in [-0.2, 0) is 13.6 Å². The van der Waals surface area contributed by atoms with Crippen molar-refractivity contribution < 1.29 is 14.3 Å². The Labute approximate surface area is 174 Å². The van der Waals surface area contributed by atoms with Crippen LogP contribution in [0.4, 0.5) is 10.5 Å². The fourth-order valence-electron chi connectivity index (χ4n) is 3.49. The molecule has 4 rings (SSSR count). The Bertz CT molecular complexity index is 1130. The lowest BCUT2D eigenvalue weighted by Gasteiger charge is -2.21. The minimum absolute atomic E-state index is 0.206. The van der Waals surface area contributed by atoms with E-state index in [4.69, 9.17) is 9.47 Å². The maximum Gasteiger partial charge on any atom is 0.322 e. The van der Waals surface area contributed by atoms with Crippen molar-refractivity contribution in [1.29, 1.82) is 0 Å². The molecule has 0 aliphatic carbocycles. The molecule has 0 spiro atoms. The first-order chi connectivity index (χ1) is 14.5. The second kappa shape index (κ2) is 7.98. The van der Waals surface area contributed by atoms with Gasteiger partial charge in [0.1, 0.15) is 5.69 Å². The van der Waals surface area contributed by atoms with Crippen LogP contribution < -0.4 is 20.3 Å². The summed E-state index contributed by atoms with van der Waals surface area (Å²) >= 11 is 0. The molecule has 8 nitrogen and oxygen atoms in total. The molecule has 0 saturated heterocycles. The van der Waals surface area contributed by atoms with Crippen molar-refractivity contribution >= 4 is 11.7 Å². The third-order valence-corrected chi connectivity index (χ3v) is 5.27. The number of aromatic nitrogens is 2. The monoisotopic (exact) mass is 408 g/mol. The van der Waals surface area contributed by atoms with Gasteiger partial charge in [0, 0.05) is 20.1 Å². The zero-order chi connectivity index (χ0) is 21.3. The highest BCUT2D eigenvalue weighted by atomic mass is 16.7. The Morgan fingerprint density at radius 3 is 2.60 bits per heavy atom. The van der Waals surface area contributed by atoms with E-state index < -0.39 is 0 Å². The van der Waals surface area contributed by atoms with Crippen molar-refractivity contribution in [2.24, 2.45) is 7.05 Å². The van der Waals surface area contributed by atoms with Gasteiger partial charge in [-0.05, 0) is 43.7 Å². The Morgan fingerprint density at radius 1 is 1.13 bits per heavy atom. The number of hydrogen-bond acceptors (Lipinski definition) is 4. The molecule has 1 aliphatic heterocycles. The highest BCUT2D eigenvalue weighted by Crippen LogP contribution is 2.32. The molecule has 0 unspecified atom stereocenters. The summed E-state index contributed by atoms with van der Waals surface area (Å²) in [5.74, 6) is 1.38. The Kier molecular flexibility index (Phi) is 5.22. The SMILES string of the molecule is CCN(Cc1ccc2c(c1)OCO2)C(=O)Nc1c(C)n(C)n(-c2ccccc2)c1=O. The van der Waals surface area contributed by atoms with E-state index >= 15 is 0 Å². The third kappa shape index (κ3) is 3.52. The molecule has 3 aromatic rings. The molecule has 1 N–H and O–H groups in total. The third-order valence-electron chi connectivity index (χ3n) is 5.27. The number of amides is 2. The number of para-hydroxylation sites is 1. The van der Waals surface area contributed by atoms with Gasteiger partial charge in [0.2, 0.25) is 6.79 Å². The van der Waals surface area contributed by atoms with Crippen molar-refractivity contribution in [2.75, 3.05) is 18.7 Å². The molecule has 2 heterocycles. The average molecular weight is 408 g/mol. The minimum atomic E-state index is -0.332. The van der Waals surface area contributed by atoms with Crippen LogP contribution in [0.2, 0.25) is 0 Å². The second-order valence-corrected chi connectivity index (χ2v) is 7.07. The molecule has 0 radical (unpaired) electrons. The molecule has 0 fully saturated rings. The normalized spacial score (nSPS) is 12.1. The van der Waals surface area contributed by atoms with E-state index in [1.54, 1.807) is 21.3 Å². The topological polar surface area (TPSA) is 77.7 Å². The summed E-state index contributed by atoms with van der Waals surface area (Å²) in [7, 11) is 1.80. The first kappa shape index (κ1) is 19.6. The van der Waals surface area contributed by atoms with Gasteiger partial charge < -0.3 is 19.7 Å². The lowest BCUT2D eigenvalue weighted by atomic mass is 10.2. The van der Waals surface area contributed by atoms with E-state index in [0.29, 0.717) is 30.3 Å². The van der Waals surface area contributed by atoms with Crippen molar-refractivity contribution in [3.8, 4) is 17.2 Å². The fourth-order valence-corrected chi connectivity index (χ4v) is 3.49. The average Bonchev–Trinajstić information content (AvgIpc) is 3.30. The number of carbonyl (C=O) groups is 1. The minimum Gasteiger partial charge on any atom is -0.454 e. The molecule has 0 saturated carbocycles. The highest BCUT2D eigenvalue weighted by molar-refractivity contribution is 5.89. The first-order valence-corrected chi connectivity index (χ1v) is 9.78. The van der Waals surface area contributed by atoms with Crippen LogP contribution in [0.1, 0.15) is 18.2 Å². The second-order valence-electron chi connectivity index (χ2n) is 7.07. The predicted molar refractivity (Wildman–Crippen MR) is 113 cm³/mol. The van der Waals surface area contributed by atoms with Gasteiger partial charge in [0.25, 0.3) is 5.56 Å². The molecule has 156 valence electrons. The standard InChI is InChI=1S/C22H24N4O4/c1-4-25(13-16-10-11-18-19(12-16)30-14-29-18)22(28)23-20-15(2)24(3)26(21(20)27)17-8-6-5-7-9-17/h5-12H,4,13-14H2,1-3H3,(H,23,28). The quantitative estimate of drug-likeness (QED) is 0.703. The number of nitrogens with zero attached hydrogens (tertiary/aromatic N) is 3. The number of benzene rings is 2. The molecule has 2 aromatic carbocycles. The summed E-state index contributed by atoms with van der Waals surface area (Å²) in [5, 5.41) is 2.81. The zero-order valence-electron chi connectivity index (χ0n) is 17.2. The number of anilines is 1. The highest BCUT2D eigenvalue weighted by Gasteiger charge is 2.21. The molecular formula is C22H24N4O4. The summed E-state index contributed by atoms with van der Waals surface area (Å²) < 4.78 is 14.0. The summed E-state index contributed by atoms with van der Waals surface area (Å²) in [5.41, 5.74) is 2.34. The van der Waals surface area contributed by atoms with E-state index in [0.717, 1.165) is 11.3 Å². The van der Waals surface area contributed by atoms with Gasteiger partial charge in [-0.1, -0.05) is 24.3 Å². The van der Waals surface area contributed by atoms with Crippen molar-refractivity contribution in [3.05, 3.63) is 70.1 Å². The Morgan fingerprint density at radius 2 is 1.87 bits per heavy atom. The molecule has 1 aliphatic rings. The van der Waals surface area contributed by atoms with Crippen LogP contribution in [0.3, 0.4) is 0 Å². The lowest BCUT2D eigenvalue weighted by molar-refractivity contribution is 0.174. The van der Waals surface area contributed by atoms with E-state index in [-0.39, 0.29) is 24.1 Å². The maximum absolute atomic E-state index is 13.0. The van der Waals surface area contributed by atoms with Crippen molar-refractivity contribution in [3.63, 3.8) is 0 Å². The summed E-state index contributed by atoms with van der Waals surface area (Å²) in [4.78, 5) is 27.6. The van der Waals surface area contributed by atoms with Gasteiger partial charge in [0.05, 0.1) is 11.4 Å². The number of carbonyl (C=O) groups excluding carboxylic acids is 1. The van der Waals surface area contributed by atoms with Crippen LogP contribution in [0.5, 0.6) is 11.5 Å². The Balaban J connectivity index is 1.56.